The Kier molecular flexibility index (Phi) is 35.2. The molecule has 0 spiro atoms. The number of rotatable bonds is 18. The summed E-state index contributed by atoms with van der Waals surface area (Å²) in [6.45, 7) is 4.50. The molecule has 532 valence electrons. The molecule has 0 aliphatic rings. The molecular formula is C76H66F12OP8Pd3-2. The summed E-state index contributed by atoms with van der Waals surface area (Å²) < 4.78 is 126. The molecule has 0 aliphatic heterocycles. The second-order valence-corrected chi connectivity index (χ2v) is 39.5. The van der Waals surface area contributed by atoms with Gasteiger partial charge in [0.15, 0.2) is 0 Å². The van der Waals surface area contributed by atoms with Crippen LogP contribution >= 0.6 is 63.1 Å². The first-order chi connectivity index (χ1) is 46.1. The van der Waals surface area contributed by atoms with Crippen LogP contribution in [0, 0.1) is 6.65 Å². The molecule has 0 fully saturated rings. The van der Waals surface area contributed by atoms with Crippen LogP contribution in [0.2, 0.25) is 0 Å². The molecule has 12 aromatic carbocycles. The summed E-state index contributed by atoms with van der Waals surface area (Å²) in [5.74, 6) is 3.52. The van der Waals surface area contributed by atoms with Crippen LogP contribution in [0.3, 0.4) is 0 Å². The molecule has 12 rings (SSSR count). The van der Waals surface area contributed by atoms with E-state index in [1.54, 1.807) is 0 Å². The second-order valence-electron chi connectivity index (χ2n) is 20.9. The number of halogens is 12. The monoisotopic (exact) mass is 1790 g/mol. The molecule has 0 bridgehead atoms. The number of hydrogen-bond donors (Lipinski definition) is 0. The number of benzene rings is 12. The van der Waals surface area contributed by atoms with E-state index >= 15 is 0 Å². The van der Waals surface area contributed by atoms with Crippen molar-refractivity contribution < 1.29 is 116 Å². The van der Waals surface area contributed by atoms with Crippen molar-refractivity contribution in [2.75, 3.05) is 17.7 Å². The maximum atomic E-state index is 9.87. The molecule has 12 aromatic rings. The third kappa shape index (κ3) is 34.5. The number of hydrogen-bond acceptors (Lipinski definition) is 0. The normalized spacial score (nSPS) is 12.2. The van der Waals surface area contributed by atoms with Crippen LogP contribution in [0.25, 0.3) is 0 Å². The first-order valence-electron chi connectivity index (χ1n) is 29.7. The van der Waals surface area contributed by atoms with Gasteiger partial charge in [0.1, 0.15) is 0 Å². The zero-order valence-corrected chi connectivity index (χ0v) is 64.6. The summed E-state index contributed by atoms with van der Waals surface area (Å²) in [7, 11) is -23.8. The molecule has 100 heavy (non-hydrogen) atoms. The largest absolute Gasteiger partial charge is 0.0622 e. The summed E-state index contributed by atoms with van der Waals surface area (Å²) in [6, 6.07) is 132. The maximum absolute atomic E-state index is 10.7. The molecule has 0 amide bonds. The van der Waals surface area contributed by atoms with Gasteiger partial charge < -0.3 is 0 Å². The van der Waals surface area contributed by atoms with Crippen LogP contribution in [0.5, 0.6) is 0 Å². The van der Waals surface area contributed by atoms with Crippen LogP contribution in [-0.2, 0) is 65.9 Å². The topological polar surface area (TPSA) is 19.9 Å². The van der Waals surface area contributed by atoms with E-state index in [0.717, 1.165) is 0 Å². The average Bonchev–Trinajstić information content (AvgIpc) is 0.737. The van der Waals surface area contributed by atoms with E-state index in [9.17, 15) is 50.4 Å². The van der Waals surface area contributed by atoms with Crippen LogP contribution in [0.15, 0.2) is 364 Å². The van der Waals surface area contributed by atoms with Crippen molar-refractivity contribution in [1.82, 2.24) is 0 Å². The van der Waals surface area contributed by atoms with Crippen LogP contribution in [0.1, 0.15) is 0 Å². The van der Waals surface area contributed by atoms with Gasteiger partial charge in [-0.3, -0.25) is 0 Å². The molecule has 0 N–H and O–H groups in total. The van der Waals surface area contributed by atoms with Gasteiger partial charge in [-0.1, -0.05) is 364 Å². The fourth-order valence-corrected chi connectivity index (χ4v) is 29.0. The predicted octanol–water partition coefficient (Wildman–Crippen LogP) is 22.3. The Morgan fingerprint density at radius 3 is 0.290 bits per heavy atom. The first kappa shape index (κ1) is 87.4. The van der Waals surface area contributed by atoms with Gasteiger partial charge in [0.2, 0.25) is 0 Å². The maximum Gasteiger partial charge on any atom is 0.00405 e. The van der Waals surface area contributed by atoms with Gasteiger partial charge in [-0.15, -0.1) is 0 Å². The van der Waals surface area contributed by atoms with Gasteiger partial charge >= 0.3 is 77.3 Å². The van der Waals surface area contributed by atoms with Crippen molar-refractivity contribution in [3.05, 3.63) is 371 Å². The second kappa shape index (κ2) is 40.3. The molecule has 0 aliphatic carbocycles. The van der Waals surface area contributed by atoms with E-state index < -0.39 is 63.1 Å². The predicted molar refractivity (Wildman–Crippen MR) is 400 cm³/mol. The van der Waals surface area contributed by atoms with E-state index in [1.165, 1.54) is 81.4 Å². The summed E-state index contributed by atoms with van der Waals surface area (Å²) in [5.41, 5.74) is 0. The van der Waals surface area contributed by atoms with Gasteiger partial charge in [0, 0.05) is 79.0 Å². The minimum atomic E-state index is -10.7. The SMILES string of the molecule is F[P-](F)(F)(F)(F)F.F[P-](F)(F)(F)(F)F.[C-]#[O+].[Pd].[Pd].[Pd].c1ccc(P(CP(c2ccccc2)c2ccccc2)c2ccccc2)cc1.c1ccc(P(CP(c2ccccc2)c2ccccc2)c2ccccc2)cc1.c1ccc(P(CP(c2ccccc2)c2ccccc2)c2ccccc2)cc1. The fraction of sp³-hybridized carbons (Fsp3) is 0.0395. The van der Waals surface area contributed by atoms with Gasteiger partial charge in [0.05, 0.1) is 0 Å². The van der Waals surface area contributed by atoms with Crippen molar-refractivity contribution >= 4 is 127 Å². The Bertz CT molecular complexity index is 3290. The minimum Gasteiger partial charge on any atom is -0.0622 e. The van der Waals surface area contributed by atoms with Crippen LogP contribution < -0.4 is 63.7 Å². The van der Waals surface area contributed by atoms with Crippen molar-refractivity contribution in [2.24, 2.45) is 0 Å². The Labute approximate surface area is 626 Å². The molecule has 0 aromatic heterocycles. The fourth-order valence-electron chi connectivity index (χ4n) is 9.59. The zero-order valence-electron chi connectivity index (χ0n) is 52.7. The van der Waals surface area contributed by atoms with Gasteiger partial charge in [-0.2, -0.15) is 0 Å². The molecule has 24 heteroatoms. The zero-order chi connectivity index (χ0) is 69.8. The molecule has 0 atom stereocenters. The summed E-state index contributed by atoms with van der Waals surface area (Å²) in [5, 5.41) is 17.5. The molecule has 0 radical (unpaired) electrons. The van der Waals surface area contributed by atoms with E-state index in [-0.39, 0.29) is 61.3 Å². The Balaban J connectivity index is 0.000000283. The molecule has 0 saturated carbocycles. The summed E-state index contributed by atoms with van der Waals surface area (Å²) in [6.07, 6.45) is 0. The minimum absolute atomic E-state index is 0. The Hall–Kier alpha value is -5.03. The van der Waals surface area contributed by atoms with Crippen molar-refractivity contribution in [1.29, 1.82) is 0 Å². The molecule has 1 nitrogen and oxygen atoms in total. The van der Waals surface area contributed by atoms with Crippen LogP contribution in [0.4, 0.5) is 50.4 Å². The Morgan fingerprint density at radius 2 is 0.230 bits per heavy atom. The van der Waals surface area contributed by atoms with Crippen molar-refractivity contribution in [2.45, 2.75) is 0 Å². The smallest absolute Gasteiger partial charge is 0.00405 e. The van der Waals surface area contributed by atoms with E-state index in [0.29, 0.717) is 0 Å². The van der Waals surface area contributed by atoms with Crippen molar-refractivity contribution in [3.63, 3.8) is 0 Å². The molecular weight excluding hydrogens is 1720 g/mol. The van der Waals surface area contributed by atoms with Gasteiger partial charge in [-0.25, -0.2) is 0 Å². The standard InChI is InChI=1S/3C25H22P2.CO.2F6P.3Pd/c3*1-5-13-22(14-6-1)26(23-15-7-2-8-16-23)21-27(24-17-9-3-10-18-24)25-19-11-4-12-20-25;1-2;2*1-7(2,3,4,5)6;;;/h3*1-20H,21H2;;;;;;/q;;;;2*-1;;;. The average molecular weight is 1790 g/mol. The van der Waals surface area contributed by atoms with E-state index in [2.05, 4.69) is 371 Å². The Morgan fingerprint density at radius 1 is 0.170 bits per heavy atom. The first-order valence-corrected chi connectivity index (χ1v) is 43.0. The van der Waals surface area contributed by atoms with Gasteiger partial charge in [-0.05, 0) is 111 Å². The van der Waals surface area contributed by atoms with Crippen LogP contribution in [-0.4, -0.2) is 17.7 Å². The molecule has 0 unspecified atom stereocenters. The van der Waals surface area contributed by atoms with Gasteiger partial charge in [0.25, 0.3) is 0 Å². The molecule has 0 heterocycles. The van der Waals surface area contributed by atoms with E-state index in [1.807, 2.05) is 0 Å². The molecule has 0 saturated heterocycles. The summed E-state index contributed by atoms with van der Waals surface area (Å²) in [4.78, 5) is 0. The third-order valence-corrected chi connectivity index (χ3v) is 31.5. The third-order valence-electron chi connectivity index (χ3n) is 13.7. The quantitative estimate of drug-likeness (QED) is 0.0268. The van der Waals surface area contributed by atoms with Crippen molar-refractivity contribution in [3.8, 4) is 0 Å². The summed E-state index contributed by atoms with van der Waals surface area (Å²) >= 11 is 0. The van der Waals surface area contributed by atoms with E-state index in [4.69, 9.17) is 4.65 Å².